The molecule has 2 heterocycles. The molecule has 0 aliphatic heterocycles. The van der Waals surface area contributed by atoms with Crippen molar-refractivity contribution < 1.29 is 9.53 Å². The molecular formula is C24H21Cl2N5O2. The number of aromatic amines is 1. The highest BCUT2D eigenvalue weighted by molar-refractivity contribution is 6.35. The number of ether oxygens (including phenoxy) is 1. The van der Waals surface area contributed by atoms with Gasteiger partial charge in [0.05, 0.1) is 33.5 Å². The van der Waals surface area contributed by atoms with Crippen LogP contribution in [0.1, 0.15) is 12.0 Å². The summed E-state index contributed by atoms with van der Waals surface area (Å²) in [6.07, 6.45) is 5.83. The predicted octanol–water partition coefficient (Wildman–Crippen LogP) is 6.14. The SMILES string of the molecule is C=CC(=O)Nc1ccccc1Nc1n[nH]c2ccc(OCCCc3c(Cl)cncc3Cl)cc12. The van der Waals surface area contributed by atoms with Gasteiger partial charge in [-0.15, -0.1) is 0 Å². The van der Waals surface area contributed by atoms with E-state index in [9.17, 15) is 4.79 Å². The number of hydrogen-bond acceptors (Lipinski definition) is 5. The quantitative estimate of drug-likeness (QED) is 0.197. The summed E-state index contributed by atoms with van der Waals surface area (Å²) in [5, 5.41) is 15.4. The van der Waals surface area contributed by atoms with E-state index in [4.69, 9.17) is 27.9 Å². The van der Waals surface area contributed by atoms with Crippen LogP contribution in [0, 0.1) is 0 Å². The van der Waals surface area contributed by atoms with Crippen molar-refractivity contribution in [3.63, 3.8) is 0 Å². The van der Waals surface area contributed by atoms with E-state index in [-0.39, 0.29) is 5.91 Å². The summed E-state index contributed by atoms with van der Waals surface area (Å²) in [5.41, 5.74) is 3.06. The number of hydrogen-bond donors (Lipinski definition) is 3. The van der Waals surface area contributed by atoms with Gasteiger partial charge in [0, 0.05) is 17.8 Å². The van der Waals surface area contributed by atoms with Crippen molar-refractivity contribution >= 4 is 57.2 Å². The monoisotopic (exact) mass is 481 g/mol. The Balaban J connectivity index is 1.45. The molecule has 0 saturated heterocycles. The maximum atomic E-state index is 11.7. The van der Waals surface area contributed by atoms with Gasteiger partial charge in [0.1, 0.15) is 5.75 Å². The molecule has 33 heavy (non-hydrogen) atoms. The third-order valence-corrected chi connectivity index (χ3v) is 5.60. The largest absolute Gasteiger partial charge is 0.494 e. The number of amides is 1. The maximum absolute atomic E-state index is 11.7. The van der Waals surface area contributed by atoms with E-state index in [2.05, 4.69) is 32.4 Å². The molecule has 0 radical (unpaired) electrons. The fraction of sp³-hybridized carbons (Fsp3) is 0.125. The molecule has 168 valence electrons. The molecule has 0 bridgehead atoms. The standard InChI is InChI=1S/C24H21Cl2N5O2/c1-2-23(32)28-21-7-3-4-8-22(21)29-24-17-12-15(9-10-20(17)30-31-24)33-11-5-6-16-18(25)13-27-14-19(16)26/h2-4,7-10,12-14H,1,5-6,11H2,(H,28,32)(H2,29,30,31). The minimum Gasteiger partial charge on any atom is -0.494 e. The maximum Gasteiger partial charge on any atom is 0.247 e. The minimum absolute atomic E-state index is 0.291. The Labute approximate surface area is 200 Å². The first kappa shape index (κ1) is 22.6. The molecule has 2 aromatic carbocycles. The van der Waals surface area contributed by atoms with Crippen LogP contribution in [0.4, 0.5) is 17.2 Å². The smallest absolute Gasteiger partial charge is 0.247 e. The van der Waals surface area contributed by atoms with Crippen LogP contribution in [0.15, 0.2) is 67.5 Å². The van der Waals surface area contributed by atoms with Crippen molar-refractivity contribution in [3.8, 4) is 5.75 Å². The molecule has 0 unspecified atom stereocenters. The van der Waals surface area contributed by atoms with E-state index in [0.29, 0.717) is 46.0 Å². The molecule has 0 atom stereocenters. The molecule has 0 aliphatic carbocycles. The van der Waals surface area contributed by atoms with E-state index in [1.807, 2.05) is 36.4 Å². The number of H-pyrrole nitrogens is 1. The third-order valence-electron chi connectivity index (χ3n) is 4.95. The second-order valence-electron chi connectivity index (χ2n) is 7.18. The lowest BCUT2D eigenvalue weighted by atomic mass is 10.1. The fourth-order valence-electron chi connectivity index (χ4n) is 3.31. The minimum atomic E-state index is -0.291. The van der Waals surface area contributed by atoms with Crippen LogP contribution in [0.5, 0.6) is 5.75 Å². The lowest BCUT2D eigenvalue weighted by Gasteiger charge is -2.11. The summed E-state index contributed by atoms with van der Waals surface area (Å²) < 4.78 is 5.94. The summed E-state index contributed by atoms with van der Waals surface area (Å²) in [6, 6.07) is 13.1. The number of para-hydroxylation sites is 2. The second kappa shape index (κ2) is 10.4. The van der Waals surface area contributed by atoms with Crippen molar-refractivity contribution in [2.75, 3.05) is 17.2 Å². The zero-order chi connectivity index (χ0) is 23.2. The summed E-state index contributed by atoms with van der Waals surface area (Å²) in [7, 11) is 0. The summed E-state index contributed by atoms with van der Waals surface area (Å²) in [6.45, 7) is 3.99. The zero-order valence-corrected chi connectivity index (χ0v) is 19.1. The first-order chi connectivity index (χ1) is 16.0. The topological polar surface area (TPSA) is 91.9 Å². The van der Waals surface area contributed by atoms with Crippen molar-refractivity contribution in [3.05, 3.63) is 83.1 Å². The van der Waals surface area contributed by atoms with Gasteiger partial charge in [0.2, 0.25) is 5.91 Å². The Morgan fingerprint density at radius 3 is 2.64 bits per heavy atom. The van der Waals surface area contributed by atoms with E-state index in [1.54, 1.807) is 18.5 Å². The average molecular weight is 482 g/mol. The van der Waals surface area contributed by atoms with Crippen LogP contribution >= 0.6 is 23.2 Å². The van der Waals surface area contributed by atoms with Crippen molar-refractivity contribution in [1.29, 1.82) is 0 Å². The Bertz CT molecular complexity index is 1290. The summed E-state index contributed by atoms with van der Waals surface area (Å²) >= 11 is 12.4. The van der Waals surface area contributed by atoms with Gasteiger partial charge in [0.25, 0.3) is 0 Å². The molecule has 4 rings (SSSR count). The Kier molecular flexibility index (Phi) is 7.12. The second-order valence-corrected chi connectivity index (χ2v) is 7.99. The third kappa shape index (κ3) is 5.45. The number of anilines is 3. The van der Waals surface area contributed by atoms with Crippen molar-refractivity contribution in [2.24, 2.45) is 0 Å². The lowest BCUT2D eigenvalue weighted by Crippen LogP contribution is -2.09. The van der Waals surface area contributed by atoms with Crippen LogP contribution in [0.2, 0.25) is 10.0 Å². The number of nitrogens with one attached hydrogen (secondary N) is 3. The molecule has 2 aromatic heterocycles. The van der Waals surface area contributed by atoms with E-state index in [0.717, 1.165) is 22.9 Å². The molecule has 1 amide bonds. The van der Waals surface area contributed by atoms with Gasteiger partial charge in [-0.05, 0) is 54.8 Å². The van der Waals surface area contributed by atoms with Crippen molar-refractivity contribution in [1.82, 2.24) is 15.2 Å². The molecule has 0 saturated carbocycles. The molecule has 0 fully saturated rings. The number of fused-ring (bicyclic) bond motifs is 1. The van der Waals surface area contributed by atoms with Crippen molar-refractivity contribution in [2.45, 2.75) is 12.8 Å². The average Bonchev–Trinajstić information content (AvgIpc) is 3.21. The normalized spacial score (nSPS) is 10.7. The highest BCUT2D eigenvalue weighted by Gasteiger charge is 2.11. The molecular weight excluding hydrogens is 461 g/mol. The fourth-order valence-corrected chi connectivity index (χ4v) is 3.86. The number of rotatable bonds is 9. The number of nitrogens with zero attached hydrogens (tertiary/aromatic N) is 2. The van der Waals surface area contributed by atoms with Gasteiger partial charge in [-0.2, -0.15) is 5.10 Å². The van der Waals surface area contributed by atoms with E-state index >= 15 is 0 Å². The van der Waals surface area contributed by atoms with Gasteiger partial charge in [-0.1, -0.05) is 41.9 Å². The number of carbonyl (C=O) groups is 1. The molecule has 0 spiro atoms. The molecule has 4 aromatic rings. The zero-order valence-electron chi connectivity index (χ0n) is 17.6. The number of carbonyl (C=O) groups excluding carboxylic acids is 1. The highest BCUT2D eigenvalue weighted by Crippen LogP contribution is 2.31. The van der Waals surface area contributed by atoms with Gasteiger partial charge < -0.3 is 15.4 Å². The first-order valence-electron chi connectivity index (χ1n) is 10.2. The van der Waals surface area contributed by atoms with E-state index < -0.39 is 0 Å². The number of benzene rings is 2. The van der Waals surface area contributed by atoms with Gasteiger partial charge in [-0.3, -0.25) is 14.9 Å². The Hall–Kier alpha value is -3.55. The van der Waals surface area contributed by atoms with Gasteiger partial charge in [0.15, 0.2) is 5.82 Å². The van der Waals surface area contributed by atoms with Crippen LogP contribution in [-0.4, -0.2) is 27.7 Å². The van der Waals surface area contributed by atoms with Gasteiger partial charge >= 0.3 is 0 Å². The number of pyridine rings is 1. The highest BCUT2D eigenvalue weighted by atomic mass is 35.5. The number of halogens is 2. The van der Waals surface area contributed by atoms with Crippen LogP contribution in [0.25, 0.3) is 10.9 Å². The van der Waals surface area contributed by atoms with E-state index in [1.165, 1.54) is 6.08 Å². The van der Waals surface area contributed by atoms with Crippen LogP contribution in [0.3, 0.4) is 0 Å². The molecule has 3 N–H and O–H groups in total. The first-order valence-corrected chi connectivity index (χ1v) is 11.0. The molecule has 9 heteroatoms. The van der Waals surface area contributed by atoms with Gasteiger partial charge in [-0.25, -0.2) is 0 Å². The summed E-state index contributed by atoms with van der Waals surface area (Å²) in [4.78, 5) is 15.7. The lowest BCUT2D eigenvalue weighted by molar-refractivity contribution is -0.111. The Morgan fingerprint density at radius 1 is 1.12 bits per heavy atom. The predicted molar refractivity (Wildman–Crippen MR) is 133 cm³/mol. The summed E-state index contributed by atoms with van der Waals surface area (Å²) in [5.74, 6) is 1.04. The van der Waals surface area contributed by atoms with Crippen LogP contribution < -0.4 is 15.4 Å². The molecule has 7 nitrogen and oxygen atoms in total. The Morgan fingerprint density at radius 2 is 1.88 bits per heavy atom. The van der Waals surface area contributed by atoms with Crippen LogP contribution in [-0.2, 0) is 11.2 Å². The number of aromatic nitrogens is 3. The molecule has 0 aliphatic rings.